The summed E-state index contributed by atoms with van der Waals surface area (Å²) in [6.07, 6.45) is 1.04. The van der Waals surface area contributed by atoms with Gasteiger partial charge in [-0.15, -0.1) is 0 Å². The van der Waals surface area contributed by atoms with Gasteiger partial charge in [0, 0.05) is 31.9 Å². The Morgan fingerprint density at radius 2 is 1.62 bits per heavy atom. The number of benzene rings is 2. The maximum Gasteiger partial charge on any atom is 0.241 e. The third-order valence-electron chi connectivity index (χ3n) is 3.78. The first kappa shape index (κ1) is 19.7. The maximum absolute atomic E-state index is 13.6. The molecule has 2 rings (SSSR count). The number of hydrogen-bond donors (Lipinski definition) is 1. The van der Waals surface area contributed by atoms with Crippen molar-refractivity contribution in [2.45, 2.75) is 6.54 Å². The predicted octanol–water partition coefficient (Wildman–Crippen LogP) is 1.97. The molecule has 1 N–H and O–H groups in total. The molecule has 0 aliphatic heterocycles. The Kier molecular flexibility index (Phi) is 6.20. The van der Waals surface area contributed by atoms with Gasteiger partial charge >= 0.3 is 0 Å². The maximum atomic E-state index is 13.6. The van der Waals surface area contributed by atoms with E-state index in [0.717, 1.165) is 16.2 Å². The van der Waals surface area contributed by atoms with Gasteiger partial charge in [-0.2, -0.15) is 0 Å². The van der Waals surface area contributed by atoms with Crippen LogP contribution < -0.4 is 14.5 Å². The summed E-state index contributed by atoms with van der Waals surface area (Å²) in [5, 5.41) is 2.55. The lowest BCUT2D eigenvalue weighted by atomic mass is 10.2. The van der Waals surface area contributed by atoms with E-state index in [0.29, 0.717) is 11.3 Å². The Morgan fingerprint density at radius 3 is 2.15 bits per heavy atom. The minimum atomic E-state index is -3.65. The standard InChI is InChI=1S/C18H22FN3O3S/c1-21(2)15-8-10-16(11-9-15)22(26(3,24)25)13-18(23)20-12-14-6-4-5-7-17(14)19/h4-11H,12-13H2,1-3H3,(H,20,23). The molecular weight excluding hydrogens is 357 g/mol. The zero-order chi connectivity index (χ0) is 19.3. The zero-order valence-corrected chi connectivity index (χ0v) is 15.8. The summed E-state index contributed by atoms with van der Waals surface area (Å²) in [6, 6.07) is 12.9. The topological polar surface area (TPSA) is 69.7 Å². The fraction of sp³-hybridized carbons (Fsp3) is 0.278. The van der Waals surface area contributed by atoms with Crippen LogP contribution in [0, 0.1) is 5.82 Å². The van der Waals surface area contributed by atoms with E-state index in [4.69, 9.17) is 0 Å². The van der Waals surface area contributed by atoms with Gasteiger partial charge in [-0.05, 0) is 30.3 Å². The molecule has 140 valence electrons. The lowest BCUT2D eigenvalue weighted by Crippen LogP contribution is -2.40. The Morgan fingerprint density at radius 1 is 1.04 bits per heavy atom. The van der Waals surface area contributed by atoms with E-state index in [2.05, 4.69) is 5.32 Å². The van der Waals surface area contributed by atoms with Gasteiger partial charge in [0.1, 0.15) is 12.4 Å². The number of anilines is 2. The molecule has 8 heteroatoms. The molecule has 0 fully saturated rings. The van der Waals surface area contributed by atoms with Gasteiger partial charge in [-0.25, -0.2) is 12.8 Å². The van der Waals surface area contributed by atoms with Crippen LogP contribution >= 0.6 is 0 Å². The zero-order valence-electron chi connectivity index (χ0n) is 14.9. The van der Waals surface area contributed by atoms with Crippen molar-refractivity contribution in [1.29, 1.82) is 0 Å². The molecule has 0 aliphatic carbocycles. The fourth-order valence-corrected chi connectivity index (χ4v) is 3.20. The van der Waals surface area contributed by atoms with Crippen molar-refractivity contribution in [2.24, 2.45) is 0 Å². The second-order valence-corrected chi connectivity index (χ2v) is 7.96. The molecule has 26 heavy (non-hydrogen) atoms. The summed E-state index contributed by atoms with van der Waals surface area (Å²) in [4.78, 5) is 14.1. The number of sulfonamides is 1. The van der Waals surface area contributed by atoms with E-state index in [-0.39, 0.29) is 13.1 Å². The molecule has 0 heterocycles. The fourth-order valence-electron chi connectivity index (χ4n) is 2.34. The van der Waals surface area contributed by atoms with Crippen LogP contribution in [0.25, 0.3) is 0 Å². The largest absolute Gasteiger partial charge is 0.378 e. The van der Waals surface area contributed by atoms with Crippen molar-refractivity contribution in [2.75, 3.05) is 36.1 Å². The smallest absolute Gasteiger partial charge is 0.241 e. The molecule has 1 amide bonds. The van der Waals surface area contributed by atoms with E-state index < -0.39 is 21.7 Å². The Bertz CT molecular complexity index is 868. The molecule has 2 aromatic carbocycles. The number of nitrogens with one attached hydrogen (secondary N) is 1. The highest BCUT2D eigenvalue weighted by molar-refractivity contribution is 7.92. The molecule has 0 radical (unpaired) electrons. The first-order valence-electron chi connectivity index (χ1n) is 7.93. The highest BCUT2D eigenvalue weighted by Gasteiger charge is 2.21. The van der Waals surface area contributed by atoms with Crippen molar-refractivity contribution in [1.82, 2.24) is 5.32 Å². The van der Waals surface area contributed by atoms with Crippen molar-refractivity contribution in [3.8, 4) is 0 Å². The molecular formula is C18H22FN3O3S. The van der Waals surface area contributed by atoms with Gasteiger partial charge < -0.3 is 10.2 Å². The van der Waals surface area contributed by atoms with Crippen LogP contribution in [0.2, 0.25) is 0 Å². The molecule has 0 spiro atoms. The lowest BCUT2D eigenvalue weighted by molar-refractivity contribution is -0.119. The van der Waals surface area contributed by atoms with Gasteiger partial charge in [-0.1, -0.05) is 18.2 Å². The van der Waals surface area contributed by atoms with Crippen LogP contribution in [0.1, 0.15) is 5.56 Å². The average Bonchev–Trinajstić information content (AvgIpc) is 2.58. The minimum absolute atomic E-state index is 0.0112. The number of carbonyl (C=O) groups is 1. The molecule has 0 aliphatic rings. The normalized spacial score (nSPS) is 11.1. The monoisotopic (exact) mass is 379 g/mol. The van der Waals surface area contributed by atoms with Gasteiger partial charge in [-0.3, -0.25) is 9.10 Å². The van der Waals surface area contributed by atoms with E-state index in [1.807, 2.05) is 19.0 Å². The van der Waals surface area contributed by atoms with E-state index >= 15 is 0 Å². The van der Waals surface area contributed by atoms with Crippen molar-refractivity contribution in [3.05, 3.63) is 59.9 Å². The van der Waals surface area contributed by atoms with Crippen LogP contribution in [-0.4, -0.2) is 41.2 Å². The Labute approximate surface area is 153 Å². The Balaban J connectivity index is 2.10. The predicted molar refractivity (Wildman–Crippen MR) is 101 cm³/mol. The summed E-state index contributed by atoms with van der Waals surface area (Å²) in [6.45, 7) is -0.392. The molecule has 0 saturated heterocycles. The van der Waals surface area contributed by atoms with Gasteiger partial charge in [0.25, 0.3) is 0 Å². The van der Waals surface area contributed by atoms with Gasteiger partial charge in [0.2, 0.25) is 15.9 Å². The highest BCUT2D eigenvalue weighted by Crippen LogP contribution is 2.21. The number of nitrogens with zero attached hydrogens (tertiary/aromatic N) is 2. The number of halogens is 1. The van der Waals surface area contributed by atoms with Gasteiger partial charge in [0.05, 0.1) is 11.9 Å². The van der Waals surface area contributed by atoms with Crippen LogP contribution in [0.4, 0.5) is 15.8 Å². The first-order valence-corrected chi connectivity index (χ1v) is 9.78. The molecule has 0 saturated carbocycles. The molecule has 0 atom stereocenters. The average molecular weight is 379 g/mol. The molecule has 6 nitrogen and oxygen atoms in total. The number of rotatable bonds is 7. The van der Waals surface area contributed by atoms with Crippen molar-refractivity contribution < 1.29 is 17.6 Å². The minimum Gasteiger partial charge on any atom is -0.378 e. The number of hydrogen-bond acceptors (Lipinski definition) is 4. The van der Waals surface area contributed by atoms with E-state index in [9.17, 15) is 17.6 Å². The first-order chi connectivity index (χ1) is 12.2. The third kappa shape index (κ3) is 5.19. The summed E-state index contributed by atoms with van der Waals surface area (Å²) in [7, 11) is 0.0966. The summed E-state index contributed by atoms with van der Waals surface area (Å²) in [5.41, 5.74) is 1.63. The van der Waals surface area contributed by atoms with Crippen LogP contribution in [-0.2, 0) is 21.4 Å². The van der Waals surface area contributed by atoms with E-state index in [1.54, 1.807) is 42.5 Å². The molecule has 0 bridgehead atoms. The van der Waals surface area contributed by atoms with Crippen molar-refractivity contribution >= 4 is 27.3 Å². The molecule has 2 aromatic rings. The third-order valence-corrected chi connectivity index (χ3v) is 4.92. The van der Waals surface area contributed by atoms with E-state index in [1.165, 1.54) is 6.07 Å². The molecule has 0 unspecified atom stereocenters. The summed E-state index contributed by atoms with van der Waals surface area (Å²) in [5.74, 6) is -0.942. The molecule has 0 aromatic heterocycles. The SMILES string of the molecule is CN(C)c1ccc(N(CC(=O)NCc2ccccc2F)S(C)(=O)=O)cc1. The van der Waals surface area contributed by atoms with Crippen LogP contribution in [0.5, 0.6) is 0 Å². The second kappa shape index (κ2) is 8.18. The van der Waals surface area contributed by atoms with Crippen LogP contribution in [0.3, 0.4) is 0 Å². The second-order valence-electron chi connectivity index (χ2n) is 6.05. The number of amides is 1. The quantitative estimate of drug-likeness (QED) is 0.799. The highest BCUT2D eigenvalue weighted by atomic mass is 32.2. The van der Waals surface area contributed by atoms with Crippen molar-refractivity contribution in [3.63, 3.8) is 0 Å². The Hall–Kier alpha value is -2.61. The number of carbonyl (C=O) groups excluding carboxylic acids is 1. The summed E-state index contributed by atoms with van der Waals surface area (Å²) >= 11 is 0. The van der Waals surface area contributed by atoms with Crippen LogP contribution in [0.15, 0.2) is 48.5 Å². The van der Waals surface area contributed by atoms with Gasteiger partial charge in [0.15, 0.2) is 0 Å². The summed E-state index contributed by atoms with van der Waals surface area (Å²) < 4.78 is 38.8. The lowest BCUT2D eigenvalue weighted by Gasteiger charge is -2.23.